The number of methoxy groups -OCH3 is 1. The molecular formula is C14H18BrNO3. The number of piperidine rings is 1. The largest absolute Gasteiger partial charge is 0.507 e. The van der Waals surface area contributed by atoms with E-state index in [0.29, 0.717) is 16.6 Å². The van der Waals surface area contributed by atoms with Gasteiger partial charge in [-0.1, -0.05) is 0 Å². The number of carbonyl (C=O) groups excluding carboxylic acids is 1. The molecule has 1 N–H and O–H groups in total. The van der Waals surface area contributed by atoms with Crippen molar-refractivity contribution < 1.29 is 14.6 Å². The monoisotopic (exact) mass is 327 g/mol. The summed E-state index contributed by atoms with van der Waals surface area (Å²) < 4.78 is 6.07. The molecule has 1 fully saturated rings. The van der Waals surface area contributed by atoms with E-state index in [1.807, 2.05) is 6.92 Å². The first-order chi connectivity index (χ1) is 8.95. The Labute approximate surface area is 121 Å². The number of ether oxygens (including phenoxy) is 1. The fourth-order valence-corrected chi connectivity index (χ4v) is 2.62. The van der Waals surface area contributed by atoms with E-state index >= 15 is 0 Å². The smallest absolute Gasteiger partial charge is 0.254 e. The lowest BCUT2D eigenvalue weighted by Gasteiger charge is -2.39. The zero-order valence-corrected chi connectivity index (χ0v) is 12.7. The molecule has 4 nitrogen and oxygen atoms in total. The van der Waals surface area contributed by atoms with Crippen LogP contribution >= 0.6 is 15.9 Å². The first kappa shape index (κ1) is 14.3. The summed E-state index contributed by atoms with van der Waals surface area (Å²) in [6, 6.07) is 4.89. The highest BCUT2D eigenvalue weighted by Gasteiger charge is 2.33. The molecular weight excluding hydrogens is 310 g/mol. The van der Waals surface area contributed by atoms with Gasteiger partial charge >= 0.3 is 0 Å². The van der Waals surface area contributed by atoms with E-state index in [2.05, 4.69) is 15.9 Å². The molecule has 2 rings (SSSR count). The number of aromatic hydroxyl groups is 1. The van der Waals surface area contributed by atoms with Crippen molar-refractivity contribution >= 4 is 21.8 Å². The molecule has 1 atom stereocenters. The lowest BCUT2D eigenvalue weighted by molar-refractivity contribution is -0.0440. The zero-order chi connectivity index (χ0) is 14.0. The number of hydrogen-bond acceptors (Lipinski definition) is 3. The first-order valence-electron chi connectivity index (χ1n) is 6.28. The number of amides is 1. The van der Waals surface area contributed by atoms with Crippen LogP contribution in [0.1, 0.15) is 30.1 Å². The van der Waals surface area contributed by atoms with Gasteiger partial charge in [0.25, 0.3) is 5.91 Å². The van der Waals surface area contributed by atoms with Gasteiger partial charge in [-0.25, -0.2) is 0 Å². The molecule has 1 heterocycles. The number of phenols is 1. The van der Waals surface area contributed by atoms with Crippen LogP contribution in [0.5, 0.6) is 5.75 Å². The summed E-state index contributed by atoms with van der Waals surface area (Å²) in [7, 11) is 1.68. The van der Waals surface area contributed by atoms with Crippen LogP contribution in [0.3, 0.4) is 0 Å². The summed E-state index contributed by atoms with van der Waals surface area (Å²) in [5.41, 5.74) is 0.228. The quantitative estimate of drug-likeness (QED) is 0.908. The Hall–Kier alpha value is -1.07. The lowest BCUT2D eigenvalue weighted by atomic mass is 9.94. The van der Waals surface area contributed by atoms with E-state index in [0.717, 1.165) is 19.4 Å². The average Bonchev–Trinajstić information content (AvgIpc) is 2.41. The molecule has 19 heavy (non-hydrogen) atoms. The number of likely N-dealkylation sites (tertiary alicyclic amines) is 1. The topological polar surface area (TPSA) is 49.8 Å². The Kier molecular flexibility index (Phi) is 4.16. The molecule has 1 saturated heterocycles. The van der Waals surface area contributed by atoms with Gasteiger partial charge in [0.1, 0.15) is 5.75 Å². The van der Waals surface area contributed by atoms with Crippen molar-refractivity contribution in [3.63, 3.8) is 0 Å². The summed E-state index contributed by atoms with van der Waals surface area (Å²) >= 11 is 3.21. The predicted molar refractivity (Wildman–Crippen MR) is 76.4 cm³/mol. The van der Waals surface area contributed by atoms with Crippen LogP contribution in [-0.4, -0.2) is 41.7 Å². The van der Waals surface area contributed by atoms with Gasteiger partial charge in [0.15, 0.2) is 0 Å². The van der Waals surface area contributed by atoms with Crippen molar-refractivity contribution in [2.75, 3.05) is 20.2 Å². The molecule has 1 aromatic carbocycles. The average molecular weight is 328 g/mol. The van der Waals surface area contributed by atoms with Gasteiger partial charge in [0, 0.05) is 25.8 Å². The van der Waals surface area contributed by atoms with Crippen LogP contribution in [0, 0.1) is 0 Å². The van der Waals surface area contributed by atoms with E-state index < -0.39 is 0 Å². The van der Waals surface area contributed by atoms with Crippen LogP contribution in [-0.2, 0) is 4.74 Å². The molecule has 0 aromatic heterocycles. The maximum absolute atomic E-state index is 12.4. The zero-order valence-electron chi connectivity index (χ0n) is 11.1. The third-order valence-corrected chi connectivity index (χ3v) is 4.30. The Morgan fingerprint density at radius 1 is 1.53 bits per heavy atom. The number of carbonyl (C=O) groups is 1. The highest BCUT2D eigenvalue weighted by Crippen LogP contribution is 2.28. The van der Waals surface area contributed by atoms with Crippen LogP contribution in [0.25, 0.3) is 0 Å². The van der Waals surface area contributed by atoms with Gasteiger partial charge in [-0.3, -0.25) is 4.79 Å². The normalized spacial score (nSPS) is 23.4. The van der Waals surface area contributed by atoms with E-state index in [4.69, 9.17) is 4.74 Å². The molecule has 0 saturated carbocycles. The lowest BCUT2D eigenvalue weighted by Crippen LogP contribution is -2.49. The molecule has 0 radical (unpaired) electrons. The number of hydrogen-bond donors (Lipinski definition) is 1. The third kappa shape index (κ3) is 3.09. The van der Waals surface area contributed by atoms with Gasteiger partial charge in [-0.05, 0) is 53.9 Å². The Morgan fingerprint density at radius 2 is 2.26 bits per heavy atom. The standard InChI is InChI=1S/C14H18BrNO3/c1-14(19-2)6-3-7-16(9-14)13(18)10-4-5-11(15)12(17)8-10/h4-5,8,17H,3,6-7,9H2,1-2H3. The molecule has 0 spiro atoms. The maximum Gasteiger partial charge on any atom is 0.254 e. The fraction of sp³-hybridized carbons (Fsp3) is 0.500. The molecule has 1 aliphatic rings. The minimum absolute atomic E-state index is 0.0641. The SMILES string of the molecule is COC1(C)CCCN(C(=O)c2ccc(Br)c(O)c2)C1. The van der Waals surface area contributed by atoms with Gasteiger partial charge in [-0.15, -0.1) is 0 Å². The van der Waals surface area contributed by atoms with Crippen LogP contribution in [0.15, 0.2) is 22.7 Å². The van der Waals surface area contributed by atoms with Crippen molar-refractivity contribution in [1.82, 2.24) is 4.90 Å². The van der Waals surface area contributed by atoms with Crippen molar-refractivity contribution in [2.45, 2.75) is 25.4 Å². The Bertz CT molecular complexity index is 492. The molecule has 1 unspecified atom stereocenters. The molecule has 1 aromatic rings. The fourth-order valence-electron chi connectivity index (χ4n) is 2.37. The van der Waals surface area contributed by atoms with Crippen LogP contribution in [0.4, 0.5) is 0 Å². The van der Waals surface area contributed by atoms with E-state index in [-0.39, 0.29) is 17.3 Å². The number of halogens is 1. The second kappa shape index (κ2) is 5.51. The summed E-state index contributed by atoms with van der Waals surface area (Å²) in [5.74, 6) is 0.0168. The molecule has 0 bridgehead atoms. The molecule has 1 amide bonds. The predicted octanol–water partition coefficient (Wildman–Crippen LogP) is 2.80. The van der Waals surface area contributed by atoms with Gasteiger partial charge in [0.05, 0.1) is 10.1 Å². The summed E-state index contributed by atoms with van der Waals surface area (Å²) in [6.07, 6.45) is 1.89. The maximum atomic E-state index is 12.4. The third-order valence-electron chi connectivity index (χ3n) is 3.63. The highest BCUT2D eigenvalue weighted by molar-refractivity contribution is 9.10. The summed E-state index contributed by atoms with van der Waals surface area (Å²) in [6.45, 7) is 3.33. The minimum Gasteiger partial charge on any atom is -0.507 e. The number of benzene rings is 1. The van der Waals surface area contributed by atoms with Crippen molar-refractivity contribution in [2.24, 2.45) is 0 Å². The molecule has 104 valence electrons. The summed E-state index contributed by atoms with van der Waals surface area (Å²) in [4.78, 5) is 14.2. The van der Waals surface area contributed by atoms with Crippen LogP contribution in [0.2, 0.25) is 0 Å². The number of rotatable bonds is 2. The van der Waals surface area contributed by atoms with E-state index in [1.54, 1.807) is 24.1 Å². The van der Waals surface area contributed by atoms with Crippen molar-refractivity contribution in [3.8, 4) is 5.75 Å². The van der Waals surface area contributed by atoms with Gasteiger partial charge < -0.3 is 14.7 Å². The van der Waals surface area contributed by atoms with Crippen molar-refractivity contribution in [3.05, 3.63) is 28.2 Å². The Morgan fingerprint density at radius 3 is 2.89 bits per heavy atom. The number of nitrogens with zero attached hydrogens (tertiary/aromatic N) is 1. The second-order valence-electron chi connectivity index (χ2n) is 5.15. The molecule has 5 heteroatoms. The van der Waals surface area contributed by atoms with Gasteiger partial charge in [0.2, 0.25) is 0 Å². The van der Waals surface area contributed by atoms with E-state index in [1.165, 1.54) is 6.07 Å². The minimum atomic E-state index is -0.273. The highest BCUT2D eigenvalue weighted by atomic mass is 79.9. The van der Waals surface area contributed by atoms with Crippen molar-refractivity contribution in [1.29, 1.82) is 0 Å². The van der Waals surface area contributed by atoms with E-state index in [9.17, 15) is 9.90 Å². The Balaban J connectivity index is 2.17. The van der Waals surface area contributed by atoms with Crippen LogP contribution < -0.4 is 0 Å². The second-order valence-corrected chi connectivity index (χ2v) is 6.00. The summed E-state index contributed by atoms with van der Waals surface area (Å²) in [5, 5.41) is 9.65. The molecule has 0 aliphatic carbocycles. The first-order valence-corrected chi connectivity index (χ1v) is 7.07. The number of phenolic OH excluding ortho intramolecular Hbond substituents is 1. The molecule has 1 aliphatic heterocycles. The van der Waals surface area contributed by atoms with Gasteiger partial charge in [-0.2, -0.15) is 0 Å².